The number of thioether (sulfide) groups is 1. The average molecular weight is 389 g/mol. The van der Waals surface area contributed by atoms with E-state index in [9.17, 15) is 14.0 Å². The lowest BCUT2D eigenvalue weighted by molar-refractivity contribution is -0.132. The second-order valence-corrected chi connectivity index (χ2v) is 10.4. The number of fused-ring (bicyclic) bond motifs is 5. The minimum absolute atomic E-state index is 0.0308. The molecule has 0 aliphatic heterocycles. The van der Waals surface area contributed by atoms with Crippen molar-refractivity contribution in [3.8, 4) is 0 Å². The molecule has 0 unspecified atom stereocenters. The predicted octanol–water partition coefficient (Wildman–Crippen LogP) is 5.31. The predicted molar refractivity (Wildman–Crippen MR) is 108 cm³/mol. The summed E-state index contributed by atoms with van der Waals surface area (Å²) in [6.45, 7) is 10.2. The second kappa shape index (κ2) is 6.43. The first-order valence-corrected chi connectivity index (χ1v) is 11.2. The highest BCUT2D eigenvalue weighted by atomic mass is 32.2. The standard InChI is InChI=1S/C23H29FO2S/c1-5-27-21-17(25)9-11-23(4)16-8-10-22(3)15(6-7-18(22)26)19(16)14(12-24)13(2)20(21)23/h9,11,14-16,19H,2,5-8,10,12H2,1,3-4H3/t14-,15+,16+,19+,22+,23-/m1/s1. The Balaban J connectivity index is 1.87. The van der Waals surface area contributed by atoms with Crippen LogP contribution in [0.15, 0.2) is 34.8 Å². The molecule has 0 amide bonds. The highest BCUT2D eigenvalue weighted by molar-refractivity contribution is 8.04. The molecule has 3 saturated carbocycles. The van der Waals surface area contributed by atoms with Gasteiger partial charge in [-0.1, -0.05) is 33.4 Å². The van der Waals surface area contributed by atoms with Gasteiger partial charge < -0.3 is 0 Å². The first kappa shape index (κ1) is 19.2. The summed E-state index contributed by atoms with van der Waals surface area (Å²) in [5, 5.41) is 0. The molecule has 2 nitrogen and oxygen atoms in total. The van der Waals surface area contributed by atoms with E-state index in [4.69, 9.17) is 0 Å². The largest absolute Gasteiger partial charge is 0.299 e. The Morgan fingerprint density at radius 2 is 2.00 bits per heavy atom. The van der Waals surface area contributed by atoms with Crippen molar-refractivity contribution in [1.29, 1.82) is 0 Å². The first-order chi connectivity index (χ1) is 12.8. The minimum Gasteiger partial charge on any atom is -0.299 e. The lowest BCUT2D eigenvalue weighted by Gasteiger charge is -2.59. The molecular weight excluding hydrogens is 359 g/mol. The zero-order valence-corrected chi connectivity index (χ0v) is 17.3. The maximum Gasteiger partial charge on any atom is 0.192 e. The van der Waals surface area contributed by atoms with Gasteiger partial charge in [-0.25, -0.2) is 0 Å². The van der Waals surface area contributed by atoms with E-state index in [2.05, 4.69) is 26.5 Å². The Labute approximate surface area is 165 Å². The molecule has 4 heteroatoms. The first-order valence-electron chi connectivity index (χ1n) is 10.2. The Hall–Kier alpha value is -1.16. The van der Waals surface area contributed by atoms with E-state index in [-0.39, 0.29) is 40.3 Å². The van der Waals surface area contributed by atoms with E-state index >= 15 is 0 Å². The molecule has 4 rings (SSSR count). The molecule has 0 aromatic rings. The van der Waals surface area contributed by atoms with Gasteiger partial charge in [-0.05, 0) is 60.0 Å². The van der Waals surface area contributed by atoms with Crippen LogP contribution in [-0.2, 0) is 9.59 Å². The van der Waals surface area contributed by atoms with Gasteiger partial charge in [-0.3, -0.25) is 14.0 Å². The van der Waals surface area contributed by atoms with Crippen LogP contribution in [0, 0.1) is 34.5 Å². The van der Waals surface area contributed by atoms with Crippen molar-refractivity contribution in [2.75, 3.05) is 12.4 Å². The third-order valence-electron chi connectivity index (χ3n) is 8.07. The highest BCUT2D eigenvalue weighted by Gasteiger charge is 2.62. The van der Waals surface area contributed by atoms with Crippen molar-refractivity contribution in [3.63, 3.8) is 0 Å². The summed E-state index contributed by atoms with van der Waals surface area (Å²) in [7, 11) is 0. The van der Waals surface area contributed by atoms with E-state index in [1.54, 1.807) is 17.8 Å². The number of hydrogen-bond acceptors (Lipinski definition) is 3. The van der Waals surface area contributed by atoms with Crippen LogP contribution in [0.4, 0.5) is 4.39 Å². The van der Waals surface area contributed by atoms with Gasteiger partial charge >= 0.3 is 0 Å². The zero-order valence-electron chi connectivity index (χ0n) is 16.5. The van der Waals surface area contributed by atoms with Crippen molar-refractivity contribution in [2.45, 2.75) is 46.5 Å². The summed E-state index contributed by atoms with van der Waals surface area (Å²) in [4.78, 5) is 26.0. The SMILES string of the molecule is C=C1C2=C(SCC)C(=O)C=C[C@]2(C)[C@H]2CC[C@]3(C)C(=O)CC[C@H]3[C@@H]2[C@@H]1CF. The summed E-state index contributed by atoms with van der Waals surface area (Å²) < 4.78 is 14.4. The zero-order chi connectivity index (χ0) is 19.6. The van der Waals surface area contributed by atoms with Crippen molar-refractivity contribution < 1.29 is 14.0 Å². The molecule has 27 heavy (non-hydrogen) atoms. The number of carbonyl (C=O) groups excluding carboxylic acids is 2. The highest BCUT2D eigenvalue weighted by Crippen LogP contribution is 2.66. The molecular formula is C23H29FO2S. The van der Waals surface area contributed by atoms with E-state index < -0.39 is 6.67 Å². The number of allylic oxidation sites excluding steroid dienone is 5. The molecule has 6 atom stereocenters. The summed E-state index contributed by atoms with van der Waals surface area (Å²) >= 11 is 1.56. The number of hydrogen-bond donors (Lipinski definition) is 0. The Bertz CT molecular complexity index is 781. The number of rotatable bonds is 3. The third kappa shape index (κ3) is 2.44. The molecule has 0 heterocycles. The van der Waals surface area contributed by atoms with E-state index in [1.165, 1.54) is 0 Å². The molecule has 0 bridgehead atoms. The maximum atomic E-state index is 14.4. The molecule has 0 saturated heterocycles. The molecule has 4 aliphatic rings. The van der Waals surface area contributed by atoms with Crippen molar-refractivity contribution in [3.05, 3.63) is 34.8 Å². The van der Waals surface area contributed by atoms with Crippen molar-refractivity contribution in [1.82, 2.24) is 0 Å². The van der Waals surface area contributed by atoms with Gasteiger partial charge in [0.25, 0.3) is 0 Å². The molecule has 0 N–H and O–H groups in total. The topological polar surface area (TPSA) is 34.1 Å². The van der Waals surface area contributed by atoms with E-state index in [1.807, 2.05) is 6.92 Å². The van der Waals surface area contributed by atoms with Crippen LogP contribution in [0.1, 0.15) is 46.5 Å². The molecule has 4 aliphatic carbocycles. The molecule has 146 valence electrons. The molecule has 0 aromatic heterocycles. The fourth-order valence-electron chi connectivity index (χ4n) is 6.71. The Morgan fingerprint density at radius 3 is 2.67 bits per heavy atom. The van der Waals surface area contributed by atoms with Crippen LogP contribution in [0.2, 0.25) is 0 Å². The van der Waals surface area contributed by atoms with Gasteiger partial charge in [0.2, 0.25) is 0 Å². The smallest absolute Gasteiger partial charge is 0.192 e. The average Bonchev–Trinajstić information content (AvgIpc) is 2.94. The Morgan fingerprint density at radius 1 is 1.26 bits per heavy atom. The lowest BCUT2D eigenvalue weighted by Crippen LogP contribution is -2.54. The van der Waals surface area contributed by atoms with Crippen LogP contribution in [0.25, 0.3) is 0 Å². The number of halogens is 1. The minimum atomic E-state index is -0.456. The normalized spacial score (nSPS) is 43.6. The number of ketones is 2. The van der Waals surface area contributed by atoms with Gasteiger partial charge in [0.1, 0.15) is 5.78 Å². The number of Topliss-reactive ketones (excluding diaryl/α,β-unsaturated/α-hetero) is 1. The monoisotopic (exact) mass is 388 g/mol. The molecule has 0 spiro atoms. The maximum absolute atomic E-state index is 14.4. The number of carbonyl (C=O) groups is 2. The fourth-order valence-corrected chi connectivity index (χ4v) is 7.70. The van der Waals surface area contributed by atoms with Crippen LogP contribution >= 0.6 is 11.8 Å². The van der Waals surface area contributed by atoms with Crippen molar-refractivity contribution in [2.24, 2.45) is 34.5 Å². The quantitative estimate of drug-likeness (QED) is 0.657. The molecule has 0 aromatic carbocycles. The van der Waals surface area contributed by atoms with Crippen LogP contribution in [0.5, 0.6) is 0 Å². The van der Waals surface area contributed by atoms with Gasteiger partial charge in [-0.2, -0.15) is 0 Å². The second-order valence-electron chi connectivity index (χ2n) is 9.11. The fraction of sp³-hybridized carbons (Fsp3) is 0.652. The Kier molecular flexibility index (Phi) is 4.57. The summed E-state index contributed by atoms with van der Waals surface area (Å²) in [5.74, 6) is 1.55. The van der Waals surface area contributed by atoms with Gasteiger partial charge in [0, 0.05) is 23.2 Å². The molecule has 0 radical (unpaired) electrons. The van der Waals surface area contributed by atoms with Gasteiger partial charge in [0.05, 0.1) is 11.6 Å². The molecule has 3 fully saturated rings. The van der Waals surface area contributed by atoms with Crippen LogP contribution in [0.3, 0.4) is 0 Å². The number of alkyl halides is 1. The summed E-state index contributed by atoms with van der Waals surface area (Å²) in [6.07, 6.45) is 7.06. The lowest BCUT2D eigenvalue weighted by atomic mass is 9.45. The van der Waals surface area contributed by atoms with E-state index in [0.717, 1.165) is 41.1 Å². The summed E-state index contributed by atoms with van der Waals surface area (Å²) in [6, 6.07) is 0. The third-order valence-corrected chi connectivity index (χ3v) is 9.05. The van der Waals surface area contributed by atoms with Gasteiger partial charge in [0.15, 0.2) is 5.78 Å². The summed E-state index contributed by atoms with van der Waals surface area (Å²) in [5.41, 5.74) is 1.20. The van der Waals surface area contributed by atoms with Crippen LogP contribution in [-0.4, -0.2) is 24.0 Å². The van der Waals surface area contributed by atoms with E-state index in [0.29, 0.717) is 12.2 Å². The van der Waals surface area contributed by atoms with Crippen molar-refractivity contribution >= 4 is 23.3 Å². The van der Waals surface area contributed by atoms with Gasteiger partial charge in [-0.15, -0.1) is 11.8 Å². The van der Waals surface area contributed by atoms with Crippen LogP contribution < -0.4 is 0 Å².